The summed E-state index contributed by atoms with van der Waals surface area (Å²) in [4.78, 5) is 11.0. The van der Waals surface area contributed by atoms with Crippen LogP contribution in [0, 0.1) is 13.8 Å². The second-order valence-electron chi connectivity index (χ2n) is 4.07. The summed E-state index contributed by atoms with van der Waals surface area (Å²) < 4.78 is 0. The molecule has 1 aliphatic rings. The van der Waals surface area contributed by atoms with Crippen LogP contribution >= 0.6 is 0 Å². The quantitative estimate of drug-likeness (QED) is 0.787. The molecule has 2 heterocycles. The normalized spacial score (nSPS) is 21.0. The Labute approximate surface area is 90.0 Å². The highest BCUT2D eigenvalue weighted by atomic mass is 16.3. The van der Waals surface area contributed by atoms with Crippen molar-refractivity contribution in [2.75, 3.05) is 18.1 Å². The molecule has 0 spiro atoms. The van der Waals surface area contributed by atoms with E-state index in [4.69, 9.17) is 0 Å². The van der Waals surface area contributed by atoms with Crippen LogP contribution in [0.4, 0.5) is 5.82 Å². The van der Waals surface area contributed by atoms with E-state index < -0.39 is 0 Å². The highest BCUT2D eigenvalue weighted by molar-refractivity contribution is 5.40. The Kier molecular flexibility index (Phi) is 2.86. The van der Waals surface area contributed by atoms with Crippen molar-refractivity contribution in [2.45, 2.75) is 32.7 Å². The number of aromatic nitrogens is 2. The lowest BCUT2D eigenvalue weighted by atomic mass is 10.2. The summed E-state index contributed by atoms with van der Waals surface area (Å²) >= 11 is 0. The fraction of sp³-hybridized carbons (Fsp3) is 0.636. The van der Waals surface area contributed by atoms with Gasteiger partial charge in [0.25, 0.3) is 0 Å². The predicted molar refractivity (Wildman–Crippen MR) is 59.0 cm³/mol. The number of hydrogen-bond acceptors (Lipinski definition) is 4. The van der Waals surface area contributed by atoms with Gasteiger partial charge in [-0.05, 0) is 26.7 Å². The second-order valence-corrected chi connectivity index (χ2v) is 4.07. The lowest BCUT2D eigenvalue weighted by Gasteiger charge is -2.24. The molecule has 82 valence electrons. The molecule has 0 bridgehead atoms. The van der Waals surface area contributed by atoms with Crippen LogP contribution < -0.4 is 4.90 Å². The minimum absolute atomic E-state index is 0.203. The Bertz CT molecular complexity index is 354. The zero-order valence-electron chi connectivity index (χ0n) is 9.27. The van der Waals surface area contributed by atoms with Crippen molar-refractivity contribution in [1.29, 1.82) is 0 Å². The van der Waals surface area contributed by atoms with Gasteiger partial charge in [-0.2, -0.15) is 0 Å². The highest BCUT2D eigenvalue weighted by Gasteiger charge is 2.25. The Morgan fingerprint density at radius 1 is 1.47 bits per heavy atom. The van der Waals surface area contributed by atoms with Gasteiger partial charge in [0, 0.05) is 6.54 Å². The molecular weight excluding hydrogens is 190 g/mol. The summed E-state index contributed by atoms with van der Waals surface area (Å²) in [5, 5.41) is 9.23. The van der Waals surface area contributed by atoms with Crippen LogP contribution in [-0.2, 0) is 0 Å². The third-order valence-electron chi connectivity index (χ3n) is 3.06. The molecule has 1 aromatic rings. The molecule has 15 heavy (non-hydrogen) atoms. The van der Waals surface area contributed by atoms with E-state index in [-0.39, 0.29) is 12.6 Å². The van der Waals surface area contributed by atoms with Gasteiger partial charge in [-0.15, -0.1) is 0 Å². The van der Waals surface area contributed by atoms with Crippen molar-refractivity contribution in [2.24, 2.45) is 0 Å². The fourth-order valence-corrected chi connectivity index (χ4v) is 2.00. The van der Waals surface area contributed by atoms with Gasteiger partial charge in [-0.25, -0.2) is 4.98 Å². The summed E-state index contributed by atoms with van der Waals surface area (Å²) in [7, 11) is 0. The smallest absolute Gasteiger partial charge is 0.147 e. The Balaban J connectivity index is 2.25. The maximum Gasteiger partial charge on any atom is 0.147 e. The van der Waals surface area contributed by atoms with E-state index in [2.05, 4.69) is 14.9 Å². The lowest BCUT2D eigenvalue weighted by molar-refractivity contribution is 0.266. The molecule has 1 N–H and O–H groups in total. The summed E-state index contributed by atoms with van der Waals surface area (Å²) in [5.74, 6) is 0.898. The third kappa shape index (κ3) is 1.95. The van der Waals surface area contributed by atoms with E-state index in [1.54, 1.807) is 6.20 Å². The van der Waals surface area contributed by atoms with E-state index in [0.717, 1.165) is 36.6 Å². The first-order valence-electron chi connectivity index (χ1n) is 5.40. The molecule has 1 fully saturated rings. The molecule has 0 radical (unpaired) electrons. The van der Waals surface area contributed by atoms with E-state index in [1.165, 1.54) is 0 Å². The largest absolute Gasteiger partial charge is 0.394 e. The van der Waals surface area contributed by atoms with Gasteiger partial charge in [0.15, 0.2) is 0 Å². The molecule has 0 saturated carbocycles. The third-order valence-corrected chi connectivity index (χ3v) is 3.06. The molecule has 1 aromatic heterocycles. The van der Waals surface area contributed by atoms with E-state index in [9.17, 15) is 5.11 Å². The van der Waals surface area contributed by atoms with Crippen molar-refractivity contribution >= 4 is 5.82 Å². The van der Waals surface area contributed by atoms with Crippen LogP contribution in [0.25, 0.3) is 0 Å². The first-order chi connectivity index (χ1) is 7.22. The topological polar surface area (TPSA) is 49.2 Å². The average molecular weight is 207 g/mol. The predicted octanol–water partition coefficient (Wildman–Crippen LogP) is 1.05. The Hall–Kier alpha value is -1.16. The number of aryl methyl sites for hydroxylation is 2. The van der Waals surface area contributed by atoms with Gasteiger partial charge in [-0.1, -0.05) is 0 Å². The molecule has 4 nitrogen and oxygen atoms in total. The lowest BCUT2D eigenvalue weighted by Crippen LogP contribution is -2.33. The molecule has 2 rings (SSSR count). The van der Waals surface area contributed by atoms with Gasteiger partial charge in [0.05, 0.1) is 30.2 Å². The fourth-order valence-electron chi connectivity index (χ4n) is 2.00. The Morgan fingerprint density at radius 2 is 2.27 bits per heavy atom. The van der Waals surface area contributed by atoms with Crippen LogP contribution in [-0.4, -0.2) is 34.3 Å². The average Bonchev–Trinajstić information content (AvgIpc) is 2.70. The van der Waals surface area contributed by atoms with E-state index in [0.29, 0.717) is 0 Å². The number of rotatable bonds is 2. The molecule has 1 aliphatic heterocycles. The maximum atomic E-state index is 9.23. The van der Waals surface area contributed by atoms with Crippen LogP contribution in [0.2, 0.25) is 0 Å². The molecule has 0 aromatic carbocycles. The molecule has 0 aliphatic carbocycles. The van der Waals surface area contributed by atoms with Gasteiger partial charge >= 0.3 is 0 Å². The van der Waals surface area contributed by atoms with Crippen LogP contribution in [0.15, 0.2) is 6.20 Å². The van der Waals surface area contributed by atoms with Crippen molar-refractivity contribution in [3.05, 3.63) is 17.6 Å². The summed E-state index contributed by atoms with van der Waals surface area (Å²) in [6.07, 6.45) is 3.97. The van der Waals surface area contributed by atoms with Gasteiger partial charge in [0.1, 0.15) is 5.82 Å². The molecular formula is C11H17N3O. The molecule has 0 amide bonds. The van der Waals surface area contributed by atoms with Crippen molar-refractivity contribution < 1.29 is 5.11 Å². The number of hydrogen-bond donors (Lipinski definition) is 1. The van der Waals surface area contributed by atoms with E-state index in [1.807, 2.05) is 13.8 Å². The zero-order chi connectivity index (χ0) is 10.8. The minimum atomic E-state index is 0.203. The molecule has 1 unspecified atom stereocenters. The van der Waals surface area contributed by atoms with Crippen molar-refractivity contribution in [3.8, 4) is 0 Å². The molecule has 4 heteroatoms. The van der Waals surface area contributed by atoms with Crippen molar-refractivity contribution in [1.82, 2.24) is 9.97 Å². The number of anilines is 1. The number of aliphatic hydroxyl groups excluding tert-OH is 1. The van der Waals surface area contributed by atoms with Crippen molar-refractivity contribution in [3.63, 3.8) is 0 Å². The first kappa shape index (κ1) is 10.4. The summed E-state index contributed by atoms with van der Waals surface area (Å²) in [6.45, 7) is 5.10. The second kappa shape index (κ2) is 4.14. The van der Waals surface area contributed by atoms with Crippen LogP contribution in [0.3, 0.4) is 0 Å². The molecule has 1 atom stereocenters. The van der Waals surface area contributed by atoms with Gasteiger partial charge < -0.3 is 10.0 Å². The first-order valence-corrected chi connectivity index (χ1v) is 5.40. The number of aliphatic hydroxyl groups is 1. The summed E-state index contributed by atoms with van der Waals surface area (Å²) in [5.41, 5.74) is 1.94. The van der Waals surface area contributed by atoms with E-state index >= 15 is 0 Å². The van der Waals surface area contributed by atoms with Crippen LogP contribution in [0.5, 0.6) is 0 Å². The SMILES string of the molecule is Cc1ncc(N2CCCC2CO)nc1C. The maximum absolute atomic E-state index is 9.23. The summed E-state index contributed by atoms with van der Waals surface area (Å²) in [6, 6.07) is 0.224. The standard InChI is InChI=1S/C11H17N3O/c1-8-9(2)13-11(6-12-8)14-5-3-4-10(14)7-15/h6,10,15H,3-5,7H2,1-2H3. The van der Waals surface area contributed by atoms with Crippen LogP contribution in [0.1, 0.15) is 24.2 Å². The molecule has 1 saturated heterocycles. The highest BCUT2D eigenvalue weighted by Crippen LogP contribution is 2.23. The van der Waals surface area contributed by atoms with Gasteiger partial charge in [0.2, 0.25) is 0 Å². The van der Waals surface area contributed by atoms with Gasteiger partial charge in [-0.3, -0.25) is 4.98 Å². The minimum Gasteiger partial charge on any atom is -0.394 e. The Morgan fingerprint density at radius 3 is 2.93 bits per heavy atom. The monoisotopic (exact) mass is 207 g/mol. The number of nitrogens with zero attached hydrogens (tertiary/aromatic N) is 3. The zero-order valence-corrected chi connectivity index (χ0v) is 9.27.